The number of hydrogen-bond donors (Lipinski definition) is 0. The van der Waals surface area contributed by atoms with Gasteiger partial charge in [-0.15, -0.1) is 0 Å². The summed E-state index contributed by atoms with van der Waals surface area (Å²) >= 11 is 6.44. The minimum Gasteiger partial charge on any atom is -0.452 e. The molecule has 1 saturated heterocycles. The van der Waals surface area contributed by atoms with Crippen molar-refractivity contribution in [3.8, 4) is 0 Å². The monoisotopic (exact) mass is 443 g/mol. The second kappa shape index (κ2) is 7.97. The Morgan fingerprint density at radius 3 is 2.61 bits per heavy atom. The molecule has 1 aliphatic heterocycles. The summed E-state index contributed by atoms with van der Waals surface area (Å²) in [5.41, 5.74) is 2.10. The molecule has 1 aliphatic carbocycles. The fourth-order valence-electron chi connectivity index (χ4n) is 5.68. The van der Waals surface area contributed by atoms with Crippen LogP contribution >= 0.6 is 11.6 Å². The number of carbonyl (C=O) groups is 2. The molecule has 0 N–H and O–H groups in total. The number of nitrogens with zero attached hydrogens (tertiary/aromatic N) is 3. The van der Waals surface area contributed by atoms with Gasteiger partial charge < -0.3 is 9.64 Å². The van der Waals surface area contributed by atoms with Crippen molar-refractivity contribution in [1.82, 2.24) is 14.7 Å². The lowest BCUT2D eigenvalue weighted by Gasteiger charge is -2.39. The molecule has 166 valence electrons. The number of fused-ring (bicyclic) bond motifs is 2. The Kier molecular flexibility index (Phi) is 5.63. The van der Waals surface area contributed by atoms with Gasteiger partial charge in [0.25, 0.3) is 5.91 Å². The third-order valence-electron chi connectivity index (χ3n) is 6.51. The predicted molar refractivity (Wildman–Crippen MR) is 119 cm³/mol. The van der Waals surface area contributed by atoms with Gasteiger partial charge >= 0.3 is 5.97 Å². The van der Waals surface area contributed by atoms with E-state index in [1.165, 1.54) is 0 Å². The fraction of sp³-hybridized carbons (Fsp3) is 0.542. The van der Waals surface area contributed by atoms with Gasteiger partial charge in [0.2, 0.25) is 0 Å². The van der Waals surface area contributed by atoms with Gasteiger partial charge in [-0.2, -0.15) is 5.10 Å². The van der Waals surface area contributed by atoms with Crippen molar-refractivity contribution in [2.45, 2.75) is 59.5 Å². The summed E-state index contributed by atoms with van der Waals surface area (Å²) in [7, 11) is 0. The van der Waals surface area contributed by atoms with Gasteiger partial charge in [-0.3, -0.25) is 4.79 Å². The Bertz CT molecular complexity index is 1000. The molecular formula is C24H30ClN3O3. The number of aryl methyl sites for hydroxylation is 1. The highest BCUT2D eigenvalue weighted by Gasteiger charge is 2.51. The molecule has 0 radical (unpaired) electrons. The van der Waals surface area contributed by atoms with Gasteiger partial charge in [0.05, 0.1) is 12.2 Å². The first kappa shape index (κ1) is 21.9. The molecule has 2 heterocycles. The molecule has 2 aromatic rings. The van der Waals surface area contributed by atoms with Crippen molar-refractivity contribution in [3.63, 3.8) is 0 Å². The molecule has 2 atom stereocenters. The number of hydrogen-bond acceptors (Lipinski definition) is 4. The summed E-state index contributed by atoms with van der Waals surface area (Å²) in [6.45, 7) is 9.42. The minimum atomic E-state index is -0.608. The molecular weight excluding hydrogens is 414 g/mol. The first-order valence-corrected chi connectivity index (χ1v) is 11.2. The van der Waals surface area contributed by atoms with Gasteiger partial charge in [-0.05, 0) is 42.6 Å². The van der Waals surface area contributed by atoms with Crippen LogP contribution in [0.5, 0.6) is 0 Å². The zero-order valence-electron chi connectivity index (χ0n) is 18.7. The predicted octanol–water partition coefficient (Wildman–Crippen LogP) is 4.48. The topological polar surface area (TPSA) is 64.4 Å². The van der Waals surface area contributed by atoms with Gasteiger partial charge in [0.1, 0.15) is 10.7 Å². The van der Waals surface area contributed by atoms with Gasteiger partial charge in [0, 0.05) is 12.6 Å². The lowest BCUT2D eigenvalue weighted by Crippen LogP contribution is -2.39. The van der Waals surface area contributed by atoms with E-state index >= 15 is 0 Å². The largest absolute Gasteiger partial charge is 0.452 e. The van der Waals surface area contributed by atoms with E-state index in [4.69, 9.17) is 16.3 Å². The van der Waals surface area contributed by atoms with E-state index in [9.17, 15) is 9.59 Å². The maximum atomic E-state index is 12.9. The van der Waals surface area contributed by atoms with Crippen LogP contribution in [0.15, 0.2) is 30.3 Å². The maximum Gasteiger partial charge on any atom is 0.343 e. The number of carbonyl (C=O) groups excluding carboxylic acids is 2. The molecule has 2 fully saturated rings. The highest BCUT2D eigenvalue weighted by molar-refractivity contribution is 6.32. The zero-order chi connectivity index (χ0) is 22.4. The smallest absolute Gasteiger partial charge is 0.343 e. The highest BCUT2D eigenvalue weighted by atomic mass is 35.5. The Balaban J connectivity index is 1.41. The lowest BCUT2D eigenvalue weighted by atomic mass is 9.65. The van der Waals surface area contributed by atoms with Gasteiger partial charge in [-0.1, -0.05) is 62.7 Å². The van der Waals surface area contributed by atoms with Crippen LogP contribution in [-0.4, -0.2) is 45.8 Å². The second-order valence-electron chi connectivity index (χ2n) is 10.2. The average Bonchev–Trinajstić information content (AvgIpc) is 3.11. The molecule has 0 spiro atoms. The molecule has 1 aromatic heterocycles. The Morgan fingerprint density at radius 2 is 1.90 bits per heavy atom. The molecule has 31 heavy (non-hydrogen) atoms. The number of ether oxygens (including phenoxy) is 1. The maximum absolute atomic E-state index is 12.9. The standard InChI is InChI=1S/C24H30ClN3O3/c1-16-20(21(25)28(26-16)12-17-8-6-5-7-9-17)22(30)31-13-19(29)27-15-24(4)11-18(27)10-23(2,3)14-24/h5-9,18H,10-15H2,1-4H3. The Hall–Kier alpha value is -2.34. The van der Waals surface area contributed by atoms with Gasteiger partial charge in [0.15, 0.2) is 6.61 Å². The van der Waals surface area contributed by atoms with Crippen LogP contribution in [0, 0.1) is 17.8 Å². The van der Waals surface area contributed by atoms with Crippen LogP contribution in [0.4, 0.5) is 0 Å². The van der Waals surface area contributed by atoms with Crippen LogP contribution in [0.1, 0.15) is 61.6 Å². The first-order chi connectivity index (χ1) is 14.6. The normalized spacial score (nSPS) is 24.3. The minimum absolute atomic E-state index is 0.134. The van der Waals surface area contributed by atoms with Crippen LogP contribution in [0.2, 0.25) is 5.15 Å². The molecule has 2 unspecified atom stereocenters. The number of amides is 1. The summed E-state index contributed by atoms with van der Waals surface area (Å²) in [6.07, 6.45) is 3.11. The summed E-state index contributed by atoms with van der Waals surface area (Å²) in [5.74, 6) is -0.742. The van der Waals surface area contributed by atoms with E-state index in [1.54, 1.807) is 11.6 Å². The van der Waals surface area contributed by atoms with E-state index in [2.05, 4.69) is 25.9 Å². The highest BCUT2D eigenvalue weighted by Crippen LogP contribution is 2.52. The van der Waals surface area contributed by atoms with Crippen molar-refractivity contribution in [2.24, 2.45) is 10.8 Å². The number of benzene rings is 1. The molecule has 2 bridgehead atoms. The van der Waals surface area contributed by atoms with Crippen LogP contribution < -0.4 is 0 Å². The van der Waals surface area contributed by atoms with Crippen LogP contribution in [0.25, 0.3) is 0 Å². The Morgan fingerprint density at radius 1 is 1.19 bits per heavy atom. The average molecular weight is 444 g/mol. The quantitative estimate of drug-likeness (QED) is 0.639. The third-order valence-corrected chi connectivity index (χ3v) is 6.89. The number of rotatable bonds is 5. The molecule has 7 heteroatoms. The summed E-state index contributed by atoms with van der Waals surface area (Å²) < 4.78 is 6.97. The van der Waals surface area contributed by atoms with Crippen LogP contribution in [-0.2, 0) is 16.1 Å². The number of likely N-dealkylation sites (tertiary alicyclic amines) is 1. The molecule has 2 aliphatic rings. The SMILES string of the molecule is Cc1nn(Cc2ccccc2)c(Cl)c1C(=O)OCC(=O)N1CC2(C)CC1CC(C)(C)C2. The molecule has 1 aromatic carbocycles. The van der Waals surface area contributed by atoms with Crippen molar-refractivity contribution in [1.29, 1.82) is 0 Å². The molecule has 1 saturated carbocycles. The molecule has 4 rings (SSSR count). The van der Waals surface area contributed by atoms with E-state index in [0.29, 0.717) is 12.2 Å². The van der Waals surface area contributed by atoms with Crippen molar-refractivity contribution in [2.75, 3.05) is 13.2 Å². The number of esters is 1. The van der Waals surface area contributed by atoms with Crippen molar-refractivity contribution >= 4 is 23.5 Å². The first-order valence-electron chi connectivity index (χ1n) is 10.8. The number of aromatic nitrogens is 2. The zero-order valence-corrected chi connectivity index (χ0v) is 19.4. The van der Waals surface area contributed by atoms with E-state index < -0.39 is 5.97 Å². The van der Waals surface area contributed by atoms with E-state index in [-0.39, 0.29) is 40.1 Å². The van der Waals surface area contributed by atoms with E-state index in [0.717, 1.165) is 31.4 Å². The number of halogens is 1. The van der Waals surface area contributed by atoms with Gasteiger partial charge in [-0.25, -0.2) is 9.48 Å². The fourth-order valence-corrected chi connectivity index (χ4v) is 5.99. The Labute approximate surface area is 188 Å². The lowest BCUT2D eigenvalue weighted by molar-refractivity contribution is -0.135. The van der Waals surface area contributed by atoms with Crippen LogP contribution in [0.3, 0.4) is 0 Å². The summed E-state index contributed by atoms with van der Waals surface area (Å²) in [4.78, 5) is 27.5. The van der Waals surface area contributed by atoms with Crippen molar-refractivity contribution < 1.29 is 14.3 Å². The molecule has 1 amide bonds. The summed E-state index contributed by atoms with van der Waals surface area (Å²) in [5, 5.41) is 4.62. The van der Waals surface area contributed by atoms with Crippen molar-refractivity contribution in [3.05, 3.63) is 52.3 Å². The second-order valence-corrected chi connectivity index (χ2v) is 10.6. The summed E-state index contributed by atoms with van der Waals surface area (Å²) in [6, 6.07) is 9.98. The van der Waals surface area contributed by atoms with E-state index in [1.807, 2.05) is 35.2 Å². The third kappa shape index (κ3) is 4.49. The molecule has 6 nitrogen and oxygen atoms in total.